The van der Waals surface area contributed by atoms with Crippen LogP contribution < -0.4 is 0 Å². The second-order valence-electron chi connectivity index (χ2n) is 5.19. The van der Waals surface area contributed by atoms with E-state index in [1.807, 2.05) is 0 Å². The largest absolute Gasteiger partial charge is 0.303 e. The Morgan fingerprint density at radius 3 is 2.38 bits per heavy atom. The Bertz CT molecular complexity index is 195. The smallest absolute Gasteiger partial charge is 0.126 e. The Kier molecular flexibility index (Phi) is 2.84. The van der Waals surface area contributed by atoms with Gasteiger partial charge in [-0.25, -0.2) is 0 Å². The van der Waals surface area contributed by atoms with Crippen LogP contribution in [0.1, 0.15) is 53.4 Å². The molecule has 2 atom stereocenters. The molecule has 1 fully saturated rings. The van der Waals surface area contributed by atoms with Crippen molar-refractivity contribution in [1.29, 1.82) is 0 Å². The monoisotopic (exact) mass is 182 g/mol. The van der Waals surface area contributed by atoms with Gasteiger partial charge in [-0.1, -0.05) is 34.1 Å². The zero-order valence-electron chi connectivity index (χ0n) is 9.39. The molecule has 0 radical (unpaired) electrons. The molecule has 0 N–H and O–H groups in total. The molecule has 0 bridgehead atoms. The van der Waals surface area contributed by atoms with E-state index in [4.69, 9.17) is 0 Å². The van der Waals surface area contributed by atoms with E-state index in [0.29, 0.717) is 5.92 Å². The van der Waals surface area contributed by atoms with Gasteiger partial charge in [0.15, 0.2) is 0 Å². The zero-order valence-corrected chi connectivity index (χ0v) is 9.39. The first kappa shape index (κ1) is 10.7. The second kappa shape index (κ2) is 3.43. The van der Waals surface area contributed by atoms with E-state index in [1.165, 1.54) is 25.5 Å². The Hall–Kier alpha value is -0.330. The maximum absolute atomic E-state index is 11.3. The van der Waals surface area contributed by atoms with E-state index in [0.717, 1.165) is 6.42 Å². The van der Waals surface area contributed by atoms with Crippen LogP contribution in [-0.2, 0) is 4.79 Å². The maximum atomic E-state index is 11.3. The van der Waals surface area contributed by atoms with Gasteiger partial charge in [-0.05, 0) is 30.6 Å². The summed E-state index contributed by atoms with van der Waals surface area (Å²) in [6.07, 6.45) is 5.92. The normalized spacial score (nSPS) is 38.6. The molecule has 0 aromatic carbocycles. The number of rotatable bonds is 2. The lowest BCUT2D eigenvalue weighted by Crippen LogP contribution is -2.46. The molecule has 0 spiro atoms. The van der Waals surface area contributed by atoms with Crippen molar-refractivity contribution in [2.45, 2.75) is 53.4 Å². The van der Waals surface area contributed by atoms with E-state index in [9.17, 15) is 4.79 Å². The number of hydrogen-bond donors (Lipinski definition) is 0. The van der Waals surface area contributed by atoms with Crippen molar-refractivity contribution in [2.24, 2.45) is 16.7 Å². The van der Waals surface area contributed by atoms with E-state index in [1.54, 1.807) is 0 Å². The molecule has 0 amide bonds. The minimum absolute atomic E-state index is 0.0642. The van der Waals surface area contributed by atoms with Crippen LogP contribution in [0.15, 0.2) is 0 Å². The minimum Gasteiger partial charge on any atom is -0.303 e. The minimum atomic E-state index is -0.0642. The summed E-state index contributed by atoms with van der Waals surface area (Å²) < 4.78 is 0. The third-order valence-corrected chi connectivity index (χ3v) is 4.37. The van der Waals surface area contributed by atoms with Gasteiger partial charge in [0.2, 0.25) is 0 Å². The van der Waals surface area contributed by atoms with Crippen LogP contribution in [0.3, 0.4) is 0 Å². The molecule has 13 heavy (non-hydrogen) atoms. The molecule has 1 nitrogen and oxygen atoms in total. The van der Waals surface area contributed by atoms with Crippen molar-refractivity contribution >= 4 is 6.29 Å². The van der Waals surface area contributed by atoms with Gasteiger partial charge in [0.05, 0.1) is 0 Å². The van der Waals surface area contributed by atoms with E-state index >= 15 is 0 Å². The summed E-state index contributed by atoms with van der Waals surface area (Å²) in [4.78, 5) is 11.3. The average Bonchev–Trinajstić information content (AvgIpc) is 2.05. The van der Waals surface area contributed by atoms with Gasteiger partial charge >= 0.3 is 0 Å². The Balaban J connectivity index is 3.03. The van der Waals surface area contributed by atoms with Crippen molar-refractivity contribution < 1.29 is 4.79 Å². The predicted octanol–water partition coefficient (Wildman–Crippen LogP) is 3.43. The molecule has 0 unspecified atom stereocenters. The summed E-state index contributed by atoms with van der Waals surface area (Å²) in [7, 11) is 0. The molecule has 1 heteroatoms. The van der Waals surface area contributed by atoms with Crippen molar-refractivity contribution in [3.8, 4) is 0 Å². The third kappa shape index (κ3) is 1.43. The SMILES string of the molecule is CC[C@@]1(C=O)[C@@H](C)CCCC1(C)C. The molecule has 0 aromatic heterocycles. The van der Waals surface area contributed by atoms with Gasteiger partial charge in [-0.15, -0.1) is 0 Å². The van der Waals surface area contributed by atoms with Crippen LogP contribution in [0.5, 0.6) is 0 Å². The second-order valence-corrected chi connectivity index (χ2v) is 5.19. The van der Waals surface area contributed by atoms with Crippen molar-refractivity contribution in [2.75, 3.05) is 0 Å². The fourth-order valence-corrected chi connectivity index (χ4v) is 3.19. The molecule has 0 aromatic rings. The molecule has 0 aliphatic heterocycles. The Morgan fingerprint density at radius 2 is 2.08 bits per heavy atom. The topological polar surface area (TPSA) is 17.1 Å². The van der Waals surface area contributed by atoms with Crippen LogP contribution in [-0.4, -0.2) is 6.29 Å². The predicted molar refractivity (Wildman–Crippen MR) is 55.6 cm³/mol. The first-order valence-corrected chi connectivity index (χ1v) is 5.46. The first-order chi connectivity index (χ1) is 6.00. The van der Waals surface area contributed by atoms with Gasteiger partial charge in [0.25, 0.3) is 0 Å². The Morgan fingerprint density at radius 1 is 1.46 bits per heavy atom. The molecule has 0 heterocycles. The summed E-state index contributed by atoms with van der Waals surface area (Å²) >= 11 is 0. The number of aldehydes is 1. The fraction of sp³-hybridized carbons (Fsp3) is 0.917. The molecular weight excluding hydrogens is 160 g/mol. The van der Waals surface area contributed by atoms with Gasteiger partial charge in [-0.3, -0.25) is 0 Å². The molecule has 0 saturated heterocycles. The summed E-state index contributed by atoms with van der Waals surface area (Å²) in [5.74, 6) is 0.554. The van der Waals surface area contributed by atoms with Gasteiger partial charge in [0.1, 0.15) is 6.29 Å². The van der Waals surface area contributed by atoms with Crippen LogP contribution in [0.25, 0.3) is 0 Å². The molecule has 1 aliphatic carbocycles. The molecule has 1 rings (SSSR count). The highest BCUT2D eigenvalue weighted by Gasteiger charge is 2.49. The van der Waals surface area contributed by atoms with Crippen molar-refractivity contribution in [3.05, 3.63) is 0 Å². The molecule has 76 valence electrons. The Labute approximate surface area is 81.9 Å². The summed E-state index contributed by atoms with van der Waals surface area (Å²) in [5.41, 5.74) is 0.131. The lowest BCUT2D eigenvalue weighted by atomic mass is 9.53. The highest BCUT2D eigenvalue weighted by molar-refractivity contribution is 5.61. The molecular formula is C12H22O. The van der Waals surface area contributed by atoms with Crippen LogP contribution >= 0.6 is 0 Å². The lowest BCUT2D eigenvalue weighted by Gasteiger charge is -2.50. The standard InChI is InChI=1S/C12H22O/c1-5-12(9-13)10(2)7-6-8-11(12,3)4/h9-10H,5-8H2,1-4H3/t10-,12+/m0/s1. The van der Waals surface area contributed by atoms with Gasteiger partial charge in [0, 0.05) is 5.41 Å². The van der Waals surface area contributed by atoms with Crippen LogP contribution in [0.4, 0.5) is 0 Å². The van der Waals surface area contributed by atoms with Crippen molar-refractivity contribution in [1.82, 2.24) is 0 Å². The average molecular weight is 182 g/mol. The van der Waals surface area contributed by atoms with Gasteiger partial charge in [-0.2, -0.15) is 0 Å². The van der Waals surface area contributed by atoms with Crippen LogP contribution in [0, 0.1) is 16.7 Å². The first-order valence-electron chi connectivity index (χ1n) is 5.46. The molecule has 1 aliphatic rings. The quantitative estimate of drug-likeness (QED) is 0.598. The molecule has 1 saturated carbocycles. The summed E-state index contributed by atoms with van der Waals surface area (Å²) in [6, 6.07) is 0. The third-order valence-electron chi connectivity index (χ3n) is 4.37. The maximum Gasteiger partial charge on any atom is 0.126 e. The number of carbonyl (C=O) groups is 1. The number of carbonyl (C=O) groups excluding carboxylic acids is 1. The lowest BCUT2D eigenvalue weighted by molar-refractivity contribution is -0.132. The number of hydrogen-bond acceptors (Lipinski definition) is 1. The van der Waals surface area contributed by atoms with Crippen LogP contribution in [0.2, 0.25) is 0 Å². The fourth-order valence-electron chi connectivity index (χ4n) is 3.19. The highest BCUT2D eigenvalue weighted by Crippen LogP contribution is 2.53. The van der Waals surface area contributed by atoms with Crippen molar-refractivity contribution in [3.63, 3.8) is 0 Å². The zero-order chi connectivity index (χ0) is 10.1. The summed E-state index contributed by atoms with van der Waals surface area (Å²) in [6.45, 7) is 8.89. The van der Waals surface area contributed by atoms with E-state index in [-0.39, 0.29) is 10.8 Å². The summed E-state index contributed by atoms with van der Waals surface area (Å²) in [5, 5.41) is 0. The van der Waals surface area contributed by atoms with E-state index < -0.39 is 0 Å². The van der Waals surface area contributed by atoms with Gasteiger partial charge < -0.3 is 4.79 Å². The van der Waals surface area contributed by atoms with E-state index in [2.05, 4.69) is 27.7 Å². The highest BCUT2D eigenvalue weighted by atomic mass is 16.1.